The van der Waals surface area contributed by atoms with Gasteiger partial charge in [0.1, 0.15) is 0 Å². The summed E-state index contributed by atoms with van der Waals surface area (Å²) in [4.78, 5) is 16.8. The Morgan fingerprint density at radius 3 is 2.28 bits per heavy atom. The third-order valence-electron chi connectivity index (χ3n) is 5.25. The molecule has 1 atom stereocenters. The minimum Gasteiger partial charge on any atom is -0.368 e. The van der Waals surface area contributed by atoms with Gasteiger partial charge in [-0.25, -0.2) is 0 Å². The van der Waals surface area contributed by atoms with Crippen molar-refractivity contribution >= 4 is 5.91 Å². The molecule has 0 aromatic heterocycles. The SMILES string of the molecule is CCCCN(CCCC)CCCN1Cc2ccccc2C[C@H]1C(N)=O. The van der Waals surface area contributed by atoms with E-state index in [4.69, 9.17) is 5.73 Å². The second-order valence-corrected chi connectivity index (χ2v) is 7.26. The first-order valence-corrected chi connectivity index (χ1v) is 9.98. The van der Waals surface area contributed by atoms with E-state index < -0.39 is 0 Å². The zero-order valence-corrected chi connectivity index (χ0v) is 16.0. The molecule has 0 unspecified atom stereocenters. The fourth-order valence-electron chi connectivity index (χ4n) is 3.69. The van der Waals surface area contributed by atoms with Crippen LogP contribution in [0.4, 0.5) is 0 Å². The zero-order chi connectivity index (χ0) is 18.1. The smallest absolute Gasteiger partial charge is 0.235 e. The van der Waals surface area contributed by atoms with E-state index in [1.165, 1.54) is 49.9 Å². The Balaban J connectivity index is 1.89. The molecule has 0 spiro atoms. The van der Waals surface area contributed by atoms with Gasteiger partial charge < -0.3 is 10.6 Å². The minimum absolute atomic E-state index is 0.158. The maximum Gasteiger partial charge on any atom is 0.235 e. The van der Waals surface area contributed by atoms with Crippen molar-refractivity contribution in [3.05, 3.63) is 35.4 Å². The highest BCUT2D eigenvalue weighted by Crippen LogP contribution is 2.23. The highest BCUT2D eigenvalue weighted by Gasteiger charge is 2.29. The number of rotatable bonds is 11. The minimum atomic E-state index is -0.191. The highest BCUT2D eigenvalue weighted by atomic mass is 16.1. The summed E-state index contributed by atoms with van der Waals surface area (Å²) in [6, 6.07) is 8.27. The van der Waals surface area contributed by atoms with E-state index in [1.807, 2.05) is 6.07 Å². The van der Waals surface area contributed by atoms with Gasteiger partial charge in [-0.2, -0.15) is 0 Å². The number of nitrogens with zero attached hydrogens (tertiary/aromatic N) is 2. The second kappa shape index (κ2) is 10.6. The lowest BCUT2D eigenvalue weighted by atomic mass is 9.93. The molecule has 1 aliphatic rings. The molecule has 140 valence electrons. The molecule has 4 heteroatoms. The van der Waals surface area contributed by atoms with E-state index in [2.05, 4.69) is 41.8 Å². The Bertz CT molecular complexity index is 524. The van der Waals surface area contributed by atoms with E-state index in [0.29, 0.717) is 0 Å². The van der Waals surface area contributed by atoms with E-state index >= 15 is 0 Å². The van der Waals surface area contributed by atoms with Gasteiger partial charge in [0, 0.05) is 13.1 Å². The number of amides is 1. The topological polar surface area (TPSA) is 49.6 Å². The molecule has 0 bridgehead atoms. The molecule has 1 aromatic carbocycles. The van der Waals surface area contributed by atoms with E-state index in [1.54, 1.807) is 0 Å². The van der Waals surface area contributed by atoms with Crippen LogP contribution in [0.15, 0.2) is 24.3 Å². The molecule has 0 radical (unpaired) electrons. The van der Waals surface area contributed by atoms with Crippen molar-refractivity contribution in [3.63, 3.8) is 0 Å². The van der Waals surface area contributed by atoms with Crippen molar-refractivity contribution in [2.75, 3.05) is 26.2 Å². The molecule has 0 saturated heterocycles. The van der Waals surface area contributed by atoms with Crippen LogP contribution in [0.3, 0.4) is 0 Å². The summed E-state index contributed by atoms with van der Waals surface area (Å²) in [5.74, 6) is -0.191. The largest absolute Gasteiger partial charge is 0.368 e. The number of hydrogen-bond donors (Lipinski definition) is 1. The Morgan fingerprint density at radius 2 is 1.68 bits per heavy atom. The van der Waals surface area contributed by atoms with Crippen LogP contribution in [0.25, 0.3) is 0 Å². The number of primary amides is 1. The Morgan fingerprint density at radius 1 is 1.08 bits per heavy atom. The van der Waals surface area contributed by atoms with Crippen LogP contribution in [0, 0.1) is 0 Å². The monoisotopic (exact) mass is 345 g/mol. The van der Waals surface area contributed by atoms with Crippen LogP contribution in [-0.4, -0.2) is 47.9 Å². The second-order valence-electron chi connectivity index (χ2n) is 7.26. The van der Waals surface area contributed by atoms with Crippen molar-refractivity contribution in [1.82, 2.24) is 9.80 Å². The molecule has 25 heavy (non-hydrogen) atoms. The standard InChI is InChI=1S/C21H35N3O/c1-3-5-12-23(13-6-4-2)14-9-15-24-17-19-11-8-7-10-18(19)16-20(24)21(22)25/h7-8,10-11,20H,3-6,9,12-17H2,1-2H3,(H2,22,25)/t20-/m0/s1. The van der Waals surface area contributed by atoms with E-state index in [9.17, 15) is 4.79 Å². The molecule has 1 aromatic rings. The number of benzene rings is 1. The first kappa shape index (κ1) is 19.9. The number of unbranched alkanes of at least 4 members (excludes halogenated alkanes) is 2. The average Bonchev–Trinajstić information content (AvgIpc) is 2.62. The van der Waals surface area contributed by atoms with Gasteiger partial charge in [-0.3, -0.25) is 9.69 Å². The number of hydrogen-bond acceptors (Lipinski definition) is 3. The third kappa shape index (κ3) is 6.12. The average molecular weight is 346 g/mol. The molecule has 0 fully saturated rings. The maximum absolute atomic E-state index is 11.9. The molecule has 0 saturated carbocycles. The Labute approximate surface area is 153 Å². The lowest BCUT2D eigenvalue weighted by molar-refractivity contribution is -0.123. The van der Waals surface area contributed by atoms with E-state index in [-0.39, 0.29) is 11.9 Å². The molecule has 1 aliphatic heterocycles. The van der Waals surface area contributed by atoms with Crippen molar-refractivity contribution in [1.29, 1.82) is 0 Å². The van der Waals surface area contributed by atoms with Crippen LogP contribution in [0.5, 0.6) is 0 Å². The number of carbonyl (C=O) groups excluding carboxylic acids is 1. The first-order chi connectivity index (χ1) is 12.2. The summed E-state index contributed by atoms with van der Waals surface area (Å²) in [6.07, 6.45) is 6.88. The van der Waals surface area contributed by atoms with Crippen molar-refractivity contribution < 1.29 is 4.79 Å². The first-order valence-electron chi connectivity index (χ1n) is 9.98. The van der Waals surface area contributed by atoms with Gasteiger partial charge in [-0.1, -0.05) is 51.0 Å². The third-order valence-corrected chi connectivity index (χ3v) is 5.25. The highest BCUT2D eigenvalue weighted by molar-refractivity contribution is 5.80. The molecule has 4 nitrogen and oxygen atoms in total. The molecule has 2 N–H and O–H groups in total. The summed E-state index contributed by atoms with van der Waals surface area (Å²) in [5.41, 5.74) is 8.30. The molecule has 1 heterocycles. The fourth-order valence-corrected chi connectivity index (χ4v) is 3.69. The molecular formula is C21H35N3O. The van der Waals surface area contributed by atoms with Crippen molar-refractivity contribution in [3.8, 4) is 0 Å². The number of fused-ring (bicyclic) bond motifs is 1. The normalized spacial score (nSPS) is 17.6. The van der Waals surface area contributed by atoms with Gasteiger partial charge in [0.2, 0.25) is 5.91 Å². The molecule has 1 amide bonds. The van der Waals surface area contributed by atoms with E-state index in [0.717, 1.165) is 32.5 Å². The van der Waals surface area contributed by atoms with Crippen LogP contribution < -0.4 is 5.73 Å². The Kier molecular flexibility index (Phi) is 8.42. The maximum atomic E-state index is 11.9. The summed E-state index contributed by atoms with van der Waals surface area (Å²) >= 11 is 0. The molecule has 2 rings (SSSR count). The fraction of sp³-hybridized carbons (Fsp3) is 0.667. The lowest BCUT2D eigenvalue weighted by Gasteiger charge is -2.35. The predicted molar refractivity (Wildman–Crippen MR) is 104 cm³/mol. The van der Waals surface area contributed by atoms with Gasteiger partial charge in [-0.05, 0) is 56.4 Å². The van der Waals surface area contributed by atoms with Gasteiger partial charge in [-0.15, -0.1) is 0 Å². The molecule has 0 aliphatic carbocycles. The zero-order valence-electron chi connectivity index (χ0n) is 16.0. The predicted octanol–water partition coefficient (Wildman–Crippen LogP) is 3.19. The van der Waals surface area contributed by atoms with Crippen molar-refractivity contribution in [2.24, 2.45) is 5.73 Å². The summed E-state index contributed by atoms with van der Waals surface area (Å²) in [6.45, 7) is 9.78. The van der Waals surface area contributed by atoms with Crippen LogP contribution in [-0.2, 0) is 17.8 Å². The van der Waals surface area contributed by atoms with Crippen molar-refractivity contribution in [2.45, 2.75) is 65.0 Å². The Hall–Kier alpha value is -1.39. The summed E-state index contributed by atoms with van der Waals surface area (Å²) < 4.78 is 0. The quantitative estimate of drug-likeness (QED) is 0.670. The summed E-state index contributed by atoms with van der Waals surface area (Å²) in [7, 11) is 0. The van der Waals surface area contributed by atoms with Gasteiger partial charge >= 0.3 is 0 Å². The van der Waals surface area contributed by atoms with Crippen LogP contribution in [0.1, 0.15) is 57.1 Å². The van der Waals surface area contributed by atoms with Crippen LogP contribution >= 0.6 is 0 Å². The summed E-state index contributed by atoms with van der Waals surface area (Å²) in [5, 5.41) is 0. The van der Waals surface area contributed by atoms with Crippen LogP contribution in [0.2, 0.25) is 0 Å². The molecular weight excluding hydrogens is 310 g/mol. The van der Waals surface area contributed by atoms with Gasteiger partial charge in [0.15, 0.2) is 0 Å². The van der Waals surface area contributed by atoms with Gasteiger partial charge in [0.05, 0.1) is 6.04 Å². The number of nitrogens with two attached hydrogens (primary N) is 1. The lowest BCUT2D eigenvalue weighted by Crippen LogP contribution is -2.49. The number of carbonyl (C=O) groups is 1. The van der Waals surface area contributed by atoms with Gasteiger partial charge in [0.25, 0.3) is 0 Å².